The maximum Gasteiger partial charge on any atom is 0.320 e. The van der Waals surface area contributed by atoms with Crippen LogP contribution < -0.4 is 11.5 Å². The second-order valence-electron chi connectivity index (χ2n) is 4.74. The quantitative estimate of drug-likeness (QED) is 0.356. The van der Waals surface area contributed by atoms with Gasteiger partial charge in [-0.05, 0) is 26.3 Å². The van der Waals surface area contributed by atoms with Gasteiger partial charge in [-0.15, -0.1) is 17.0 Å². The van der Waals surface area contributed by atoms with Crippen molar-refractivity contribution >= 4 is 23.0 Å². The van der Waals surface area contributed by atoms with Crippen LogP contribution in [-0.4, -0.2) is 44.0 Å². The molecular weight excluding hydrogens is 370 g/mol. The van der Waals surface area contributed by atoms with Gasteiger partial charge in [0.25, 0.3) is 0 Å². The van der Waals surface area contributed by atoms with E-state index in [-0.39, 0.29) is 35.9 Å². The molecule has 9 heteroatoms. The van der Waals surface area contributed by atoms with E-state index in [2.05, 4.69) is 4.98 Å². The summed E-state index contributed by atoms with van der Waals surface area (Å²) in [5.41, 5.74) is 11.7. The molecule has 0 aromatic carbocycles. The highest BCUT2D eigenvalue weighted by Gasteiger charge is 2.09. The van der Waals surface area contributed by atoms with Crippen molar-refractivity contribution in [2.75, 3.05) is 6.54 Å². The SMILES string of the molecule is Br.Cc1ncc(CO)c(CO)c1O.NCCCC[C@H](N)C(=O)O. The van der Waals surface area contributed by atoms with Crippen LogP contribution >= 0.6 is 17.0 Å². The Morgan fingerprint density at radius 3 is 2.35 bits per heavy atom. The first-order chi connectivity index (χ1) is 10.4. The number of aryl methyl sites for hydroxylation is 1. The van der Waals surface area contributed by atoms with E-state index in [4.69, 9.17) is 26.8 Å². The van der Waals surface area contributed by atoms with Crippen LogP contribution in [0.15, 0.2) is 6.20 Å². The van der Waals surface area contributed by atoms with Gasteiger partial charge in [-0.2, -0.15) is 0 Å². The van der Waals surface area contributed by atoms with E-state index in [1.165, 1.54) is 6.20 Å². The standard InChI is InChI=1S/C8H11NO3.C6H14N2O2.BrH/c1-5-8(12)7(4-11)6(3-10)2-9-5;7-4-2-1-3-5(8)6(9)10;/h2,10-12H,3-4H2,1H3;5H,1-4,7-8H2,(H,9,10);1H/t;5-;/m.0./s1. The van der Waals surface area contributed by atoms with Gasteiger partial charge >= 0.3 is 5.97 Å². The number of nitrogens with two attached hydrogens (primary N) is 2. The summed E-state index contributed by atoms with van der Waals surface area (Å²) in [6, 6.07) is -0.716. The molecule has 0 spiro atoms. The number of halogens is 1. The molecule has 1 rings (SSSR count). The van der Waals surface area contributed by atoms with Crippen molar-refractivity contribution in [2.45, 2.75) is 45.4 Å². The minimum atomic E-state index is -0.933. The van der Waals surface area contributed by atoms with Crippen molar-refractivity contribution in [1.29, 1.82) is 0 Å². The molecule has 0 fully saturated rings. The summed E-state index contributed by atoms with van der Waals surface area (Å²) >= 11 is 0. The summed E-state index contributed by atoms with van der Waals surface area (Å²) < 4.78 is 0. The molecule has 1 aromatic rings. The van der Waals surface area contributed by atoms with Crippen molar-refractivity contribution in [2.24, 2.45) is 11.5 Å². The lowest BCUT2D eigenvalue weighted by molar-refractivity contribution is -0.138. The fourth-order valence-electron chi connectivity index (χ4n) is 1.63. The Balaban J connectivity index is 0. The van der Waals surface area contributed by atoms with Crippen LogP contribution in [0.5, 0.6) is 5.75 Å². The van der Waals surface area contributed by atoms with Crippen molar-refractivity contribution < 1.29 is 25.2 Å². The van der Waals surface area contributed by atoms with Crippen LogP contribution in [-0.2, 0) is 18.0 Å². The average molecular weight is 396 g/mol. The molecule has 0 saturated carbocycles. The molecule has 134 valence electrons. The van der Waals surface area contributed by atoms with Gasteiger partial charge in [0, 0.05) is 17.3 Å². The molecule has 1 heterocycles. The van der Waals surface area contributed by atoms with Gasteiger partial charge in [0.1, 0.15) is 11.8 Å². The van der Waals surface area contributed by atoms with Crippen molar-refractivity contribution in [3.8, 4) is 5.75 Å². The lowest BCUT2D eigenvalue weighted by atomic mass is 10.1. The third-order valence-electron chi connectivity index (χ3n) is 3.05. The fraction of sp³-hybridized carbons (Fsp3) is 0.571. The molecule has 0 aliphatic rings. The van der Waals surface area contributed by atoms with Gasteiger partial charge in [0.15, 0.2) is 0 Å². The van der Waals surface area contributed by atoms with Crippen LogP contribution in [0.25, 0.3) is 0 Å². The van der Waals surface area contributed by atoms with Crippen molar-refractivity contribution in [3.63, 3.8) is 0 Å². The lowest BCUT2D eigenvalue weighted by Gasteiger charge is -2.07. The Bertz CT molecular complexity index is 474. The largest absolute Gasteiger partial charge is 0.506 e. The monoisotopic (exact) mass is 395 g/mol. The van der Waals surface area contributed by atoms with Gasteiger partial charge in [0.2, 0.25) is 0 Å². The molecule has 0 amide bonds. The average Bonchev–Trinajstić information content (AvgIpc) is 2.50. The number of nitrogens with zero attached hydrogens (tertiary/aromatic N) is 1. The van der Waals surface area contributed by atoms with E-state index >= 15 is 0 Å². The highest BCUT2D eigenvalue weighted by Crippen LogP contribution is 2.23. The molecule has 0 aliphatic carbocycles. The zero-order chi connectivity index (χ0) is 17.1. The molecule has 0 unspecified atom stereocenters. The summed E-state index contributed by atoms with van der Waals surface area (Å²) in [5, 5.41) is 35.4. The minimum absolute atomic E-state index is 0. The van der Waals surface area contributed by atoms with E-state index in [1.807, 2.05) is 0 Å². The van der Waals surface area contributed by atoms with Gasteiger partial charge < -0.3 is 31.9 Å². The highest BCUT2D eigenvalue weighted by molar-refractivity contribution is 8.93. The minimum Gasteiger partial charge on any atom is -0.506 e. The number of hydrogen-bond acceptors (Lipinski definition) is 7. The van der Waals surface area contributed by atoms with E-state index < -0.39 is 12.0 Å². The van der Waals surface area contributed by atoms with Crippen LogP contribution in [0.3, 0.4) is 0 Å². The van der Waals surface area contributed by atoms with Gasteiger partial charge in [0.05, 0.1) is 18.9 Å². The Morgan fingerprint density at radius 1 is 1.30 bits per heavy atom. The molecule has 8 N–H and O–H groups in total. The molecule has 0 radical (unpaired) electrons. The number of rotatable bonds is 7. The first-order valence-corrected chi connectivity index (χ1v) is 6.95. The third-order valence-corrected chi connectivity index (χ3v) is 3.05. The smallest absolute Gasteiger partial charge is 0.320 e. The number of carboxylic acids is 1. The van der Waals surface area contributed by atoms with Gasteiger partial charge in [-0.1, -0.05) is 6.42 Å². The third kappa shape index (κ3) is 8.82. The molecule has 1 aromatic heterocycles. The van der Waals surface area contributed by atoms with Crippen LogP contribution in [0.2, 0.25) is 0 Å². The molecule has 1 atom stereocenters. The lowest BCUT2D eigenvalue weighted by Crippen LogP contribution is -2.29. The van der Waals surface area contributed by atoms with Gasteiger partial charge in [-0.25, -0.2) is 0 Å². The number of aromatic nitrogens is 1. The maximum absolute atomic E-state index is 10.1. The molecule has 0 saturated heterocycles. The zero-order valence-corrected chi connectivity index (χ0v) is 14.8. The number of aliphatic hydroxyl groups excluding tert-OH is 2. The second-order valence-corrected chi connectivity index (χ2v) is 4.74. The molecule has 0 aliphatic heterocycles. The van der Waals surface area contributed by atoms with E-state index in [9.17, 15) is 9.90 Å². The Hall–Kier alpha value is -1.26. The topological polar surface area (TPSA) is 163 Å². The number of carboxylic acid groups (broad SMARTS) is 1. The van der Waals surface area contributed by atoms with E-state index in [0.29, 0.717) is 29.8 Å². The second kappa shape index (κ2) is 13.2. The van der Waals surface area contributed by atoms with Crippen LogP contribution in [0.4, 0.5) is 0 Å². The predicted octanol–water partition coefficient (Wildman–Crippen LogP) is 0.185. The van der Waals surface area contributed by atoms with Gasteiger partial charge in [-0.3, -0.25) is 9.78 Å². The summed E-state index contributed by atoms with van der Waals surface area (Å²) in [6.07, 6.45) is 3.61. The molecule has 0 bridgehead atoms. The molecule has 8 nitrogen and oxygen atoms in total. The summed E-state index contributed by atoms with van der Waals surface area (Å²) in [5.74, 6) is -0.971. The summed E-state index contributed by atoms with van der Waals surface area (Å²) in [6.45, 7) is 1.73. The first kappa shape index (κ1) is 24.0. The number of hydrogen-bond donors (Lipinski definition) is 6. The normalized spacial score (nSPS) is 11.0. The van der Waals surface area contributed by atoms with Crippen molar-refractivity contribution in [1.82, 2.24) is 4.98 Å². The maximum atomic E-state index is 10.1. The van der Waals surface area contributed by atoms with Crippen LogP contribution in [0.1, 0.15) is 36.1 Å². The molecular formula is C14H26BrN3O5. The zero-order valence-electron chi connectivity index (χ0n) is 13.1. The number of aliphatic hydroxyl groups is 2. The predicted molar refractivity (Wildman–Crippen MR) is 91.3 cm³/mol. The Labute approximate surface area is 145 Å². The first-order valence-electron chi connectivity index (χ1n) is 6.95. The Kier molecular flexibility index (Phi) is 13.8. The number of carbonyl (C=O) groups is 1. The highest BCUT2D eigenvalue weighted by atomic mass is 79.9. The number of pyridine rings is 1. The van der Waals surface area contributed by atoms with Crippen LogP contribution in [0, 0.1) is 6.92 Å². The fourth-order valence-corrected chi connectivity index (χ4v) is 1.63. The van der Waals surface area contributed by atoms with E-state index in [0.717, 1.165) is 12.8 Å². The number of unbranched alkanes of at least 4 members (excludes halogenated alkanes) is 1. The van der Waals surface area contributed by atoms with E-state index in [1.54, 1.807) is 6.92 Å². The number of aliphatic carboxylic acids is 1. The Morgan fingerprint density at radius 2 is 1.91 bits per heavy atom. The summed E-state index contributed by atoms with van der Waals surface area (Å²) in [4.78, 5) is 14.0. The summed E-state index contributed by atoms with van der Waals surface area (Å²) in [7, 11) is 0. The van der Waals surface area contributed by atoms with Crippen molar-refractivity contribution in [3.05, 3.63) is 23.0 Å². The molecule has 23 heavy (non-hydrogen) atoms. The number of aromatic hydroxyl groups is 1.